The lowest BCUT2D eigenvalue weighted by atomic mass is 9.82. The Hall–Kier alpha value is -0.0900. The Kier molecular flexibility index (Phi) is 3.94. The summed E-state index contributed by atoms with van der Waals surface area (Å²) in [4.78, 5) is 0. The Balaban J connectivity index is 1.78. The van der Waals surface area contributed by atoms with Gasteiger partial charge in [0.1, 0.15) is 0 Å². The Morgan fingerprint density at radius 2 is 1.89 bits per heavy atom. The van der Waals surface area contributed by atoms with Crippen LogP contribution in [0.1, 0.15) is 44.1 Å². The second-order valence-corrected chi connectivity index (χ2v) is 7.22. The van der Waals surface area contributed by atoms with Crippen molar-refractivity contribution in [1.82, 2.24) is 5.32 Å². The van der Waals surface area contributed by atoms with Crippen LogP contribution in [0.15, 0.2) is 24.3 Å². The van der Waals surface area contributed by atoms with Gasteiger partial charge in [0, 0.05) is 9.11 Å². The highest BCUT2D eigenvalue weighted by Gasteiger charge is 2.44. The third-order valence-corrected chi connectivity index (χ3v) is 5.29. The summed E-state index contributed by atoms with van der Waals surface area (Å²) in [7, 11) is 0. The fourth-order valence-corrected chi connectivity index (χ4v) is 3.77. The van der Waals surface area contributed by atoms with Crippen LogP contribution in [-0.2, 0) is 6.42 Å². The fourth-order valence-electron chi connectivity index (χ4n) is 3.41. The van der Waals surface area contributed by atoms with E-state index in [2.05, 4.69) is 52.2 Å². The normalized spacial score (nSPS) is 28.9. The average molecular weight is 355 g/mol. The molecule has 0 spiro atoms. The molecule has 98 valence electrons. The lowest BCUT2D eigenvalue weighted by Crippen LogP contribution is -2.48. The zero-order chi connectivity index (χ0) is 12.4. The molecule has 1 unspecified atom stereocenters. The summed E-state index contributed by atoms with van der Waals surface area (Å²) in [6.07, 6.45) is 9.68. The summed E-state index contributed by atoms with van der Waals surface area (Å²) in [6, 6.07) is 9.12. The van der Waals surface area contributed by atoms with E-state index >= 15 is 0 Å². The van der Waals surface area contributed by atoms with Crippen molar-refractivity contribution in [2.75, 3.05) is 6.54 Å². The minimum atomic E-state index is 0.420. The first kappa shape index (κ1) is 12.9. The quantitative estimate of drug-likeness (QED) is 0.804. The van der Waals surface area contributed by atoms with E-state index in [0.29, 0.717) is 5.54 Å². The van der Waals surface area contributed by atoms with Crippen LogP contribution >= 0.6 is 22.6 Å². The van der Waals surface area contributed by atoms with Gasteiger partial charge in [0.05, 0.1) is 0 Å². The SMILES string of the molecule is Ic1ccc(CC2(C3CC3)CCCCCN2)cc1. The molecule has 2 fully saturated rings. The molecule has 0 bridgehead atoms. The summed E-state index contributed by atoms with van der Waals surface area (Å²) >= 11 is 2.39. The summed E-state index contributed by atoms with van der Waals surface area (Å²) in [6.45, 7) is 1.22. The topological polar surface area (TPSA) is 12.0 Å². The van der Waals surface area contributed by atoms with E-state index in [4.69, 9.17) is 0 Å². The molecule has 1 saturated carbocycles. The van der Waals surface area contributed by atoms with E-state index in [9.17, 15) is 0 Å². The van der Waals surface area contributed by atoms with Crippen LogP contribution in [0.4, 0.5) is 0 Å². The van der Waals surface area contributed by atoms with Gasteiger partial charge in [-0.15, -0.1) is 0 Å². The molecule has 1 atom stereocenters. The number of nitrogens with one attached hydrogen (secondary N) is 1. The highest BCUT2D eigenvalue weighted by atomic mass is 127. The van der Waals surface area contributed by atoms with Crippen molar-refractivity contribution in [2.45, 2.75) is 50.5 Å². The molecule has 2 heteroatoms. The average Bonchev–Trinajstić information content (AvgIpc) is 3.18. The van der Waals surface area contributed by atoms with Crippen molar-refractivity contribution >= 4 is 22.6 Å². The van der Waals surface area contributed by atoms with Crippen molar-refractivity contribution in [2.24, 2.45) is 5.92 Å². The molecule has 1 saturated heterocycles. The third kappa shape index (κ3) is 2.90. The number of hydrogen-bond acceptors (Lipinski definition) is 1. The minimum Gasteiger partial charge on any atom is -0.311 e. The van der Waals surface area contributed by atoms with Gasteiger partial charge in [0.2, 0.25) is 0 Å². The molecule has 1 N–H and O–H groups in total. The smallest absolute Gasteiger partial charge is 0.0249 e. The van der Waals surface area contributed by atoms with Crippen molar-refractivity contribution in [3.63, 3.8) is 0 Å². The molecule has 1 aromatic carbocycles. The fraction of sp³-hybridized carbons (Fsp3) is 0.625. The van der Waals surface area contributed by atoms with Crippen molar-refractivity contribution in [3.05, 3.63) is 33.4 Å². The molecule has 1 aliphatic heterocycles. The molecule has 18 heavy (non-hydrogen) atoms. The first-order chi connectivity index (χ1) is 8.78. The van der Waals surface area contributed by atoms with Gasteiger partial charge in [-0.3, -0.25) is 0 Å². The molecule has 1 heterocycles. The maximum atomic E-state index is 3.92. The van der Waals surface area contributed by atoms with Gasteiger partial charge in [-0.1, -0.05) is 25.0 Å². The predicted octanol–water partition coefficient (Wildman–Crippen LogP) is 4.15. The second-order valence-electron chi connectivity index (χ2n) is 5.97. The van der Waals surface area contributed by atoms with Gasteiger partial charge >= 0.3 is 0 Å². The largest absolute Gasteiger partial charge is 0.311 e. The number of benzene rings is 1. The zero-order valence-electron chi connectivity index (χ0n) is 10.9. The third-order valence-electron chi connectivity index (χ3n) is 4.57. The van der Waals surface area contributed by atoms with Crippen LogP contribution in [-0.4, -0.2) is 12.1 Å². The molecular formula is C16H22IN. The van der Waals surface area contributed by atoms with Gasteiger partial charge in [0.15, 0.2) is 0 Å². The minimum absolute atomic E-state index is 0.420. The van der Waals surface area contributed by atoms with Crippen LogP contribution in [0.25, 0.3) is 0 Å². The summed E-state index contributed by atoms with van der Waals surface area (Å²) in [5.74, 6) is 0.940. The molecule has 3 rings (SSSR count). The molecular weight excluding hydrogens is 333 g/mol. The van der Waals surface area contributed by atoms with Crippen LogP contribution < -0.4 is 5.32 Å². The lowest BCUT2D eigenvalue weighted by Gasteiger charge is -2.34. The second kappa shape index (κ2) is 5.49. The summed E-state index contributed by atoms with van der Waals surface area (Å²) < 4.78 is 1.34. The van der Waals surface area contributed by atoms with Crippen LogP contribution in [0.2, 0.25) is 0 Å². The van der Waals surface area contributed by atoms with E-state index in [0.717, 1.165) is 5.92 Å². The Bertz CT molecular complexity index is 386. The van der Waals surface area contributed by atoms with Crippen LogP contribution in [0.5, 0.6) is 0 Å². The van der Waals surface area contributed by atoms with E-state index in [1.807, 2.05) is 0 Å². The molecule has 1 nitrogen and oxygen atoms in total. The van der Waals surface area contributed by atoms with E-state index in [1.165, 1.54) is 60.6 Å². The molecule has 0 amide bonds. The maximum absolute atomic E-state index is 3.92. The molecule has 2 aliphatic rings. The van der Waals surface area contributed by atoms with Crippen LogP contribution in [0, 0.1) is 9.49 Å². The van der Waals surface area contributed by atoms with Gasteiger partial charge in [-0.2, -0.15) is 0 Å². The standard InChI is InChI=1S/C16H22IN/c17-15-8-4-13(5-9-15)12-16(14-6-7-14)10-2-1-3-11-18-16/h4-5,8-9,14,18H,1-3,6-7,10-12H2. The van der Waals surface area contributed by atoms with Gasteiger partial charge in [0.25, 0.3) is 0 Å². The Morgan fingerprint density at radius 3 is 2.61 bits per heavy atom. The van der Waals surface area contributed by atoms with E-state index in [-0.39, 0.29) is 0 Å². The van der Waals surface area contributed by atoms with Crippen molar-refractivity contribution < 1.29 is 0 Å². The molecule has 1 aromatic rings. The summed E-state index contributed by atoms with van der Waals surface area (Å²) in [5, 5.41) is 3.92. The van der Waals surface area contributed by atoms with Gasteiger partial charge in [-0.05, 0) is 84.9 Å². The highest BCUT2D eigenvalue weighted by Crippen LogP contribution is 2.45. The van der Waals surface area contributed by atoms with E-state index in [1.54, 1.807) is 0 Å². The van der Waals surface area contributed by atoms with Crippen molar-refractivity contribution in [3.8, 4) is 0 Å². The molecule has 0 radical (unpaired) electrons. The summed E-state index contributed by atoms with van der Waals surface area (Å²) in [5.41, 5.74) is 1.93. The highest BCUT2D eigenvalue weighted by molar-refractivity contribution is 14.1. The van der Waals surface area contributed by atoms with Crippen LogP contribution in [0.3, 0.4) is 0 Å². The first-order valence-corrected chi connectivity index (χ1v) is 8.36. The predicted molar refractivity (Wildman–Crippen MR) is 84.8 cm³/mol. The van der Waals surface area contributed by atoms with Gasteiger partial charge < -0.3 is 5.32 Å². The zero-order valence-corrected chi connectivity index (χ0v) is 13.1. The van der Waals surface area contributed by atoms with Gasteiger partial charge in [-0.25, -0.2) is 0 Å². The van der Waals surface area contributed by atoms with Crippen molar-refractivity contribution in [1.29, 1.82) is 0 Å². The lowest BCUT2D eigenvalue weighted by molar-refractivity contribution is 0.271. The maximum Gasteiger partial charge on any atom is 0.0249 e. The van der Waals surface area contributed by atoms with E-state index < -0.39 is 0 Å². The molecule has 1 aliphatic carbocycles. The molecule has 0 aromatic heterocycles. The Labute approximate surface area is 124 Å². The first-order valence-electron chi connectivity index (χ1n) is 7.28. The number of hydrogen-bond donors (Lipinski definition) is 1. The number of halogens is 1. The Morgan fingerprint density at radius 1 is 1.11 bits per heavy atom. The monoisotopic (exact) mass is 355 g/mol. The number of rotatable bonds is 3.